The summed E-state index contributed by atoms with van der Waals surface area (Å²) in [5, 5.41) is 0. The van der Waals surface area contributed by atoms with Gasteiger partial charge in [0.15, 0.2) is 5.43 Å². The summed E-state index contributed by atoms with van der Waals surface area (Å²) < 4.78 is 38.6. The Labute approximate surface area is 79.0 Å². The van der Waals surface area contributed by atoms with Gasteiger partial charge in [0.25, 0.3) is 6.43 Å². The van der Waals surface area contributed by atoms with Crippen LogP contribution in [0.3, 0.4) is 0 Å². The predicted molar refractivity (Wildman–Crippen MR) is 46.3 cm³/mol. The zero-order valence-corrected chi connectivity index (χ0v) is 7.58. The van der Waals surface area contributed by atoms with Gasteiger partial charge in [-0.15, -0.1) is 0 Å². The van der Waals surface area contributed by atoms with E-state index in [-0.39, 0.29) is 5.43 Å². The highest BCUT2D eigenvalue weighted by atomic mass is 19.3. The number of halogens is 3. The van der Waals surface area contributed by atoms with Crippen LogP contribution < -0.4 is 5.43 Å². The number of pyridine rings is 1. The summed E-state index contributed by atoms with van der Waals surface area (Å²) in [6.07, 6.45) is -0.502. The molecule has 1 aromatic heterocycles. The van der Waals surface area contributed by atoms with Crippen LogP contribution in [0.25, 0.3) is 0 Å². The molecule has 0 aromatic carbocycles. The van der Waals surface area contributed by atoms with Crippen LogP contribution in [0.2, 0.25) is 0 Å². The van der Waals surface area contributed by atoms with Crippen LogP contribution in [0.5, 0.6) is 0 Å². The van der Waals surface area contributed by atoms with E-state index in [9.17, 15) is 18.0 Å². The molecule has 78 valence electrons. The number of aromatic nitrogens is 1. The molecule has 0 aliphatic heterocycles. The van der Waals surface area contributed by atoms with Crippen molar-refractivity contribution in [3.63, 3.8) is 0 Å². The van der Waals surface area contributed by atoms with Crippen molar-refractivity contribution in [1.82, 2.24) is 4.57 Å². The zero-order chi connectivity index (χ0) is 10.8. The fourth-order valence-electron chi connectivity index (χ4n) is 0.993. The van der Waals surface area contributed by atoms with E-state index < -0.39 is 18.6 Å². The quantitative estimate of drug-likeness (QED) is 0.737. The van der Waals surface area contributed by atoms with Crippen molar-refractivity contribution in [2.75, 3.05) is 6.67 Å². The molecule has 14 heavy (non-hydrogen) atoms. The van der Waals surface area contributed by atoms with Crippen molar-refractivity contribution < 1.29 is 13.2 Å². The maximum absolute atomic E-state index is 12.5. The summed E-state index contributed by atoms with van der Waals surface area (Å²) >= 11 is 0. The van der Waals surface area contributed by atoms with E-state index in [2.05, 4.69) is 0 Å². The first kappa shape index (κ1) is 10.8. The third-order valence-electron chi connectivity index (χ3n) is 2.13. The molecule has 1 aromatic rings. The molecule has 1 atom stereocenters. The van der Waals surface area contributed by atoms with Crippen molar-refractivity contribution in [3.8, 4) is 0 Å². The van der Waals surface area contributed by atoms with Crippen LogP contribution >= 0.6 is 0 Å². The topological polar surface area (TPSA) is 22.0 Å². The van der Waals surface area contributed by atoms with E-state index in [0.717, 1.165) is 36.0 Å². The highest BCUT2D eigenvalue weighted by Gasteiger charge is 2.36. The first-order valence-corrected chi connectivity index (χ1v) is 4.03. The molecule has 1 unspecified atom stereocenters. The zero-order valence-electron chi connectivity index (χ0n) is 7.58. The summed E-state index contributed by atoms with van der Waals surface area (Å²) in [4.78, 5) is 10.7. The van der Waals surface area contributed by atoms with Gasteiger partial charge in [0.05, 0.1) is 0 Å². The highest BCUT2D eigenvalue weighted by Crippen LogP contribution is 2.24. The van der Waals surface area contributed by atoms with E-state index in [1.165, 1.54) is 0 Å². The molecule has 0 amide bonds. The molecular formula is C9H10F3NO. The summed E-state index contributed by atoms with van der Waals surface area (Å²) in [5.41, 5.74) is -2.19. The lowest BCUT2D eigenvalue weighted by molar-refractivity contribution is -0.000211. The SMILES string of the molecule is CC(CF)(C(F)F)n1ccc(=O)cc1. The first-order valence-electron chi connectivity index (χ1n) is 4.03. The average molecular weight is 205 g/mol. The fraction of sp³-hybridized carbons (Fsp3) is 0.444. The first-order chi connectivity index (χ1) is 6.50. The highest BCUT2D eigenvalue weighted by molar-refractivity contribution is 4.99. The van der Waals surface area contributed by atoms with Crippen molar-refractivity contribution in [1.29, 1.82) is 0 Å². The van der Waals surface area contributed by atoms with Crippen LogP contribution in [0.4, 0.5) is 13.2 Å². The van der Waals surface area contributed by atoms with E-state index in [0.29, 0.717) is 0 Å². The molecule has 0 aliphatic rings. The molecule has 0 N–H and O–H groups in total. The monoisotopic (exact) mass is 205 g/mol. The molecule has 1 heterocycles. The van der Waals surface area contributed by atoms with Crippen LogP contribution in [-0.2, 0) is 5.54 Å². The van der Waals surface area contributed by atoms with Crippen molar-refractivity contribution in [2.24, 2.45) is 0 Å². The Balaban J connectivity index is 3.13. The molecule has 0 aliphatic carbocycles. The third-order valence-corrected chi connectivity index (χ3v) is 2.13. The molecule has 0 bridgehead atoms. The lowest BCUT2D eigenvalue weighted by Crippen LogP contribution is -2.40. The lowest BCUT2D eigenvalue weighted by Gasteiger charge is -2.28. The average Bonchev–Trinajstić information content (AvgIpc) is 2.17. The van der Waals surface area contributed by atoms with E-state index >= 15 is 0 Å². The van der Waals surface area contributed by atoms with Gasteiger partial charge in [0.1, 0.15) is 12.2 Å². The van der Waals surface area contributed by atoms with Gasteiger partial charge in [-0.2, -0.15) is 0 Å². The van der Waals surface area contributed by atoms with Crippen LogP contribution in [-0.4, -0.2) is 17.7 Å². The molecular weight excluding hydrogens is 195 g/mol. The minimum absolute atomic E-state index is 0.295. The molecule has 1 rings (SSSR count). The summed E-state index contributed by atoms with van der Waals surface area (Å²) in [7, 11) is 0. The predicted octanol–water partition coefficient (Wildman–Crippen LogP) is 1.80. The van der Waals surface area contributed by atoms with Gasteiger partial charge >= 0.3 is 0 Å². The molecule has 0 spiro atoms. The Morgan fingerprint density at radius 3 is 2.29 bits per heavy atom. The second kappa shape index (κ2) is 3.86. The Morgan fingerprint density at radius 1 is 1.43 bits per heavy atom. The molecule has 0 fully saturated rings. The maximum Gasteiger partial charge on any atom is 0.263 e. The summed E-state index contributed by atoms with van der Waals surface area (Å²) in [6.45, 7) is -0.0876. The molecule has 5 heteroatoms. The Kier molecular flexibility index (Phi) is 2.98. The van der Waals surface area contributed by atoms with Gasteiger partial charge in [0.2, 0.25) is 0 Å². The molecule has 2 nitrogen and oxygen atoms in total. The molecule has 0 radical (unpaired) electrons. The number of rotatable bonds is 3. The standard InChI is InChI=1S/C9H10F3NO/c1-9(6-10,8(11)12)13-4-2-7(14)3-5-13/h2-5,8H,6H2,1H3. The maximum atomic E-state index is 12.5. The summed E-state index contributed by atoms with van der Waals surface area (Å²) in [6, 6.07) is 2.24. The van der Waals surface area contributed by atoms with Crippen molar-refractivity contribution >= 4 is 0 Å². The smallest absolute Gasteiger partial charge is 0.263 e. The van der Waals surface area contributed by atoms with Gasteiger partial charge in [-0.05, 0) is 6.92 Å². The molecule has 0 saturated carbocycles. The summed E-state index contributed by atoms with van der Waals surface area (Å²) in [5.74, 6) is 0. The Bertz CT molecular complexity index is 343. The van der Waals surface area contributed by atoms with Gasteiger partial charge in [0, 0.05) is 24.5 Å². The number of alkyl halides is 3. The minimum Gasteiger partial charge on any atom is -0.340 e. The third kappa shape index (κ3) is 1.81. The Morgan fingerprint density at radius 2 is 1.93 bits per heavy atom. The van der Waals surface area contributed by atoms with Gasteiger partial charge in [-0.25, -0.2) is 13.2 Å². The van der Waals surface area contributed by atoms with Crippen molar-refractivity contribution in [2.45, 2.75) is 18.9 Å². The number of hydrogen-bond acceptors (Lipinski definition) is 1. The van der Waals surface area contributed by atoms with Gasteiger partial charge < -0.3 is 4.57 Å². The Hall–Kier alpha value is -1.26. The van der Waals surface area contributed by atoms with Crippen LogP contribution in [0.1, 0.15) is 6.92 Å². The van der Waals surface area contributed by atoms with E-state index in [1.807, 2.05) is 0 Å². The van der Waals surface area contributed by atoms with Crippen LogP contribution in [0, 0.1) is 0 Å². The normalized spacial score (nSPS) is 15.5. The minimum atomic E-state index is -2.82. The largest absolute Gasteiger partial charge is 0.340 e. The fourth-order valence-corrected chi connectivity index (χ4v) is 0.993. The van der Waals surface area contributed by atoms with Gasteiger partial charge in [-0.3, -0.25) is 4.79 Å². The number of hydrogen-bond donors (Lipinski definition) is 0. The molecule has 0 saturated heterocycles. The van der Waals surface area contributed by atoms with E-state index in [1.54, 1.807) is 0 Å². The second-order valence-corrected chi connectivity index (χ2v) is 3.23. The van der Waals surface area contributed by atoms with Crippen LogP contribution in [0.15, 0.2) is 29.3 Å². The number of nitrogens with zero attached hydrogens (tertiary/aromatic N) is 1. The second-order valence-electron chi connectivity index (χ2n) is 3.23. The van der Waals surface area contributed by atoms with Gasteiger partial charge in [-0.1, -0.05) is 0 Å². The van der Waals surface area contributed by atoms with E-state index in [4.69, 9.17) is 0 Å². The lowest BCUT2D eigenvalue weighted by atomic mass is 10.1. The van der Waals surface area contributed by atoms with Crippen molar-refractivity contribution in [3.05, 3.63) is 34.7 Å².